The van der Waals surface area contributed by atoms with Crippen LogP contribution in [-0.4, -0.2) is 31.3 Å². The number of carbonyl (C=O) groups excluding carboxylic acids is 1. The molecule has 1 N–H and O–H groups in total. The number of hydrogen-bond donors (Lipinski definition) is 1. The monoisotopic (exact) mass is 329 g/mol. The molecule has 3 aromatic rings. The number of fused-ring (bicyclic) bond motifs is 1. The highest BCUT2D eigenvalue weighted by atomic mass is 32.2. The average molecular weight is 329 g/mol. The lowest BCUT2D eigenvalue weighted by Crippen LogP contribution is -2.30. The van der Waals surface area contributed by atoms with Crippen molar-refractivity contribution in [2.75, 3.05) is 6.26 Å². The highest BCUT2D eigenvalue weighted by Crippen LogP contribution is 2.18. The smallest absolute Gasteiger partial charge is 0.243 e. The number of aromatic nitrogens is 4. The van der Waals surface area contributed by atoms with Gasteiger partial charge in [-0.2, -0.15) is 0 Å². The quantitative estimate of drug-likeness (QED) is 0.730. The van der Waals surface area contributed by atoms with Crippen LogP contribution >= 0.6 is 11.8 Å². The largest absolute Gasteiger partial charge is 0.349 e. The van der Waals surface area contributed by atoms with Crippen LogP contribution in [0.4, 0.5) is 0 Å². The number of nitrogens with one attached hydrogen (secondary N) is 1. The van der Waals surface area contributed by atoms with Crippen LogP contribution in [-0.2, 0) is 18.4 Å². The SMILES string of the molecule is CSc1ncc(CNC(=O)[C@H](C)n2cnc3ccccc32)n1C. The Bertz CT molecular complexity index is 838. The molecule has 120 valence electrons. The summed E-state index contributed by atoms with van der Waals surface area (Å²) in [6, 6.07) is 7.48. The van der Waals surface area contributed by atoms with E-state index in [2.05, 4.69) is 15.3 Å². The fourth-order valence-electron chi connectivity index (χ4n) is 2.52. The third-order valence-electron chi connectivity index (χ3n) is 3.95. The van der Waals surface area contributed by atoms with E-state index in [-0.39, 0.29) is 11.9 Å². The Labute approximate surface area is 138 Å². The van der Waals surface area contributed by atoms with Crippen molar-refractivity contribution in [3.8, 4) is 0 Å². The van der Waals surface area contributed by atoms with Crippen molar-refractivity contribution in [1.29, 1.82) is 0 Å². The molecule has 0 radical (unpaired) electrons. The summed E-state index contributed by atoms with van der Waals surface area (Å²) in [6.45, 7) is 2.33. The Balaban J connectivity index is 1.71. The molecule has 23 heavy (non-hydrogen) atoms. The van der Waals surface area contributed by atoms with Crippen molar-refractivity contribution in [1.82, 2.24) is 24.4 Å². The maximum Gasteiger partial charge on any atom is 0.243 e. The number of benzene rings is 1. The van der Waals surface area contributed by atoms with Crippen LogP contribution in [0.15, 0.2) is 41.9 Å². The Morgan fingerprint density at radius 1 is 1.35 bits per heavy atom. The zero-order valence-electron chi connectivity index (χ0n) is 13.4. The van der Waals surface area contributed by atoms with Gasteiger partial charge in [0.25, 0.3) is 0 Å². The molecule has 0 fully saturated rings. The summed E-state index contributed by atoms with van der Waals surface area (Å²) in [5.41, 5.74) is 2.83. The van der Waals surface area contributed by atoms with E-state index >= 15 is 0 Å². The second-order valence-electron chi connectivity index (χ2n) is 5.33. The van der Waals surface area contributed by atoms with Gasteiger partial charge in [-0.3, -0.25) is 4.79 Å². The minimum Gasteiger partial charge on any atom is -0.349 e. The molecule has 1 atom stereocenters. The van der Waals surface area contributed by atoms with Crippen molar-refractivity contribution in [3.05, 3.63) is 42.5 Å². The molecule has 0 saturated heterocycles. The summed E-state index contributed by atoms with van der Waals surface area (Å²) in [5.74, 6) is -0.0416. The predicted octanol–water partition coefficient (Wildman–Crippen LogP) is 2.37. The van der Waals surface area contributed by atoms with Crippen molar-refractivity contribution >= 4 is 28.7 Å². The van der Waals surface area contributed by atoms with Gasteiger partial charge in [-0.05, 0) is 25.3 Å². The summed E-state index contributed by atoms with van der Waals surface area (Å²) in [7, 11) is 1.95. The van der Waals surface area contributed by atoms with Gasteiger partial charge in [-0.1, -0.05) is 23.9 Å². The van der Waals surface area contributed by atoms with Gasteiger partial charge in [0.2, 0.25) is 5.91 Å². The number of amides is 1. The van der Waals surface area contributed by atoms with Gasteiger partial charge in [-0.15, -0.1) is 0 Å². The Morgan fingerprint density at radius 2 is 2.13 bits per heavy atom. The van der Waals surface area contributed by atoms with Crippen molar-refractivity contribution in [3.63, 3.8) is 0 Å². The van der Waals surface area contributed by atoms with Gasteiger partial charge < -0.3 is 14.5 Å². The Hall–Kier alpha value is -2.28. The molecule has 7 heteroatoms. The van der Waals surface area contributed by atoms with E-state index in [1.807, 2.05) is 53.6 Å². The summed E-state index contributed by atoms with van der Waals surface area (Å²) >= 11 is 1.58. The van der Waals surface area contributed by atoms with Crippen molar-refractivity contribution < 1.29 is 4.79 Å². The van der Waals surface area contributed by atoms with E-state index in [9.17, 15) is 4.79 Å². The van der Waals surface area contributed by atoms with Gasteiger partial charge in [0.15, 0.2) is 5.16 Å². The van der Waals surface area contributed by atoms with E-state index < -0.39 is 0 Å². The fraction of sp³-hybridized carbons (Fsp3) is 0.312. The summed E-state index contributed by atoms with van der Waals surface area (Å²) in [4.78, 5) is 21.1. The second kappa shape index (κ2) is 6.45. The van der Waals surface area contributed by atoms with Crippen LogP contribution < -0.4 is 5.32 Å². The van der Waals surface area contributed by atoms with Gasteiger partial charge in [0.1, 0.15) is 6.04 Å². The van der Waals surface area contributed by atoms with E-state index in [0.29, 0.717) is 6.54 Å². The van der Waals surface area contributed by atoms with Crippen LogP contribution in [0.25, 0.3) is 11.0 Å². The van der Waals surface area contributed by atoms with E-state index in [0.717, 1.165) is 21.9 Å². The lowest BCUT2D eigenvalue weighted by atomic mass is 10.2. The predicted molar refractivity (Wildman–Crippen MR) is 91.3 cm³/mol. The molecule has 0 aliphatic carbocycles. The van der Waals surface area contributed by atoms with E-state index in [4.69, 9.17) is 0 Å². The molecule has 0 aliphatic heterocycles. The standard InChI is InChI=1S/C16H19N5OS/c1-11(21-10-19-13-6-4-5-7-14(13)21)15(22)17-8-12-9-18-16(23-3)20(12)2/h4-7,9-11H,8H2,1-3H3,(H,17,22)/t11-/m0/s1. The van der Waals surface area contributed by atoms with Crippen LogP contribution in [0.1, 0.15) is 18.7 Å². The third kappa shape index (κ3) is 2.96. The minimum absolute atomic E-state index is 0.0416. The molecule has 0 aliphatic rings. The van der Waals surface area contributed by atoms with Crippen LogP contribution in [0.5, 0.6) is 0 Å². The molecular formula is C16H19N5OS. The zero-order chi connectivity index (χ0) is 16.4. The number of imidazole rings is 2. The molecule has 6 nitrogen and oxygen atoms in total. The fourth-order valence-corrected chi connectivity index (χ4v) is 3.07. The van der Waals surface area contributed by atoms with Crippen molar-refractivity contribution in [2.45, 2.75) is 24.7 Å². The average Bonchev–Trinajstić information content (AvgIpc) is 3.15. The highest BCUT2D eigenvalue weighted by molar-refractivity contribution is 7.98. The minimum atomic E-state index is -0.323. The van der Waals surface area contributed by atoms with Crippen LogP contribution in [0.2, 0.25) is 0 Å². The molecule has 2 heterocycles. The number of thioether (sulfide) groups is 1. The number of carbonyl (C=O) groups is 1. The number of nitrogens with zero attached hydrogens (tertiary/aromatic N) is 4. The maximum atomic E-state index is 12.5. The highest BCUT2D eigenvalue weighted by Gasteiger charge is 2.17. The maximum absolute atomic E-state index is 12.5. The first-order valence-corrected chi connectivity index (χ1v) is 8.58. The molecular weight excluding hydrogens is 310 g/mol. The van der Waals surface area contributed by atoms with Gasteiger partial charge in [0.05, 0.1) is 35.8 Å². The number of para-hydroxylation sites is 2. The third-order valence-corrected chi connectivity index (χ3v) is 4.69. The Kier molecular flexibility index (Phi) is 4.38. The number of rotatable bonds is 5. The first kappa shape index (κ1) is 15.6. The molecule has 2 aromatic heterocycles. The van der Waals surface area contributed by atoms with E-state index in [1.54, 1.807) is 24.3 Å². The molecule has 0 saturated carbocycles. The summed E-state index contributed by atoms with van der Waals surface area (Å²) in [5, 5.41) is 3.91. The first-order chi connectivity index (χ1) is 11.1. The second-order valence-corrected chi connectivity index (χ2v) is 6.10. The van der Waals surface area contributed by atoms with Crippen LogP contribution in [0, 0.1) is 0 Å². The van der Waals surface area contributed by atoms with E-state index in [1.165, 1.54) is 0 Å². The topological polar surface area (TPSA) is 64.7 Å². The first-order valence-electron chi connectivity index (χ1n) is 7.35. The lowest BCUT2D eigenvalue weighted by molar-refractivity contribution is -0.124. The van der Waals surface area contributed by atoms with Gasteiger partial charge >= 0.3 is 0 Å². The molecule has 0 unspecified atom stereocenters. The van der Waals surface area contributed by atoms with Gasteiger partial charge in [0, 0.05) is 7.05 Å². The summed E-state index contributed by atoms with van der Waals surface area (Å²) in [6.07, 6.45) is 5.49. The Morgan fingerprint density at radius 3 is 2.87 bits per heavy atom. The lowest BCUT2D eigenvalue weighted by Gasteiger charge is -2.15. The zero-order valence-corrected chi connectivity index (χ0v) is 14.2. The van der Waals surface area contributed by atoms with Crippen LogP contribution in [0.3, 0.4) is 0 Å². The molecule has 0 bridgehead atoms. The molecule has 1 amide bonds. The normalized spacial score (nSPS) is 12.5. The molecule has 3 rings (SSSR count). The number of hydrogen-bond acceptors (Lipinski definition) is 4. The molecule has 1 aromatic carbocycles. The summed E-state index contributed by atoms with van der Waals surface area (Å²) < 4.78 is 3.88. The van der Waals surface area contributed by atoms with Crippen molar-refractivity contribution in [2.24, 2.45) is 7.05 Å². The molecule has 0 spiro atoms. The van der Waals surface area contributed by atoms with Gasteiger partial charge in [-0.25, -0.2) is 9.97 Å².